The van der Waals surface area contributed by atoms with Crippen molar-refractivity contribution in [3.05, 3.63) is 275 Å². The average Bonchev–Trinajstić information content (AvgIpc) is 0.828. The smallest absolute Gasteiger partial charge is 0.247 e. The number of rotatable bonds is 4. The van der Waals surface area contributed by atoms with E-state index in [1.54, 1.807) is 4.57 Å². The van der Waals surface area contributed by atoms with Crippen LogP contribution in [-0.4, -0.2) is 15.8 Å². The molecule has 5 heterocycles. The second-order valence-electron chi connectivity index (χ2n) is 28.8. The molecule has 3 aliphatic rings. The molecule has 0 saturated heterocycles. The summed E-state index contributed by atoms with van der Waals surface area (Å²) in [5, 5.41) is 2.44. The Labute approximate surface area is 530 Å². The minimum absolute atomic E-state index is 0.0263. The van der Waals surface area contributed by atoms with E-state index >= 15 is 0 Å². The molecule has 4 nitrogen and oxygen atoms in total. The van der Waals surface area contributed by atoms with Crippen molar-refractivity contribution in [2.45, 2.75) is 110 Å². The molecule has 0 atom stereocenters. The highest BCUT2D eigenvalue weighted by Crippen LogP contribution is 2.58. The van der Waals surface area contributed by atoms with Gasteiger partial charge < -0.3 is 18.8 Å². The Morgan fingerprint density at radius 3 is 1.45 bits per heavy atom. The first-order valence-corrected chi connectivity index (χ1v) is 30.9. The molecular formula is C83H74BN3O. The van der Waals surface area contributed by atoms with Crippen LogP contribution in [-0.2, 0) is 27.1 Å². The lowest BCUT2D eigenvalue weighted by molar-refractivity contribution is 0.435. The van der Waals surface area contributed by atoms with E-state index in [4.69, 9.17) is 10.2 Å². The molecule has 0 aliphatic carbocycles. The molecule has 0 N–H and O–H groups in total. The standard InChI is InChI=1S/C83H74BN3O/c1-79(2,3)52-34-41-71(60(44-52)51-24-14-13-15-25-51)87-74-50-57(86-69-30-20-16-26-58(69)59-27-17-21-31-70(59)86)38-40-68(74)84-67-39-37-56(85-72-42-35-53(80(4,5)6)45-61(72)62-46-54(81(7,8)9)36-43-73(62)85)49-65(67)83(66-47-55(82(10,11)12)48-75(87)78(66)84)63-28-18-22-32-76(63)88-77-33-23-19-29-64(77)83/h13-50H,1-12H3/i16D,17D,20D,21D,26D,27D,30D,31D. The zero-order valence-corrected chi connectivity index (χ0v) is 52.1. The third-order valence-corrected chi connectivity index (χ3v) is 19.3. The Kier molecular flexibility index (Phi) is 9.84. The Hall–Kier alpha value is -9.32. The van der Waals surface area contributed by atoms with Crippen LogP contribution in [0, 0.1) is 0 Å². The summed E-state index contributed by atoms with van der Waals surface area (Å²) in [6.45, 7) is 26.8. The fourth-order valence-electron chi connectivity index (χ4n) is 14.8. The highest BCUT2D eigenvalue weighted by molar-refractivity contribution is 6.99. The van der Waals surface area contributed by atoms with Crippen LogP contribution in [0.1, 0.15) is 139 Å². The zero-order chi connectivity index (χ0) is 67.5. The van der Waals surface area contributed by atoms with Gasteiger partial charge in [0.15, 0.2) is 0 Å². The number of nitrogens with zero attached hydrogens (tertiary/aromatic N) is 3. The molecule has 430 valence electrons. The van der Waals surface area contributed by atoms with Crippen molar-refractivity contribution in [3.8, 4) is 34.0 Å². The van der Waals surface area contributed by atoms with Crippen molar-refractivity contribution in [1.82, 2.24) is 9.13 Å². The Morgan fingerprint density at radius 1 is 0.375 bits per heavy atom. The van der Waals surface area contributed by atoms with Gasteiger partial charge in [-0.15, -0.1) is 0 Å². The summed E-state index contributed by atoms with van der Waals surface area (Å²) in [4.78, 5) is 2.41. The fourth-order valence-corrected chi connectivity index (χ4v) is 14.8. The number of anilines is 3. The van der Waals surface area contributed by atoms with E-state index in [0.29, 0.717) is 5.69 Å². The van der Waals surface area contributed by atoms with E-state index in [1.165, 1.54) is 21.9 Å². The number of para-hydroxylation sites is 4. The van der Waals surface area contributed by atoms with Gasteiger partial charge in [-0.2, -0.15) is 0 Å². The van der Waals surface area contributed by atoms with Crippen LogP contribution in [0.25, 0.3) is 66.1 Å². The second-order valence-corrected chi connectivity index (χ2v) is 28.8. The summed E-state index contributed by atoms with van der Waals surface area (Å²) < 4.78 is 85.6. The minimum atomic E-state index is -0.993. The summed E-state index contributed by atoms with van der Waals surface area (Å²) >= 11 is 0. The van der Waals surface area contributed by atoms with Crippen molar-refractivity contribution in [2.75, 3.05) is 4.90 Å². The highest BCUT2D eigenvalue weighted by atomic mass is 16.5. The maximum Gasteiger partial charge on any atom is 0.247 e. The normalized spacial score (nSPS) is 15.5. The molecule has 0 fully saturated rings. The first-order chi connectivity index (χ1) is 45.5. The summed E-state index contributed by atoms with van der Waals surface area (Å²) in [5.74, 6) is 1.54. The maximum atomic E-state index is 9.68. The fraction of sp³-hybridized carbons (Fsp3) is 0.205. The van der Waals surface area contributed by atoms with Crippen LogP contribution in [0.5, 0.6) is 11.5 Å². The molecule has 1 spiro atoms. The molecule has 0 unspecified atom stereocenters. The van der Waals surface area contributed by atoms with E-state index < -0.39 is 41.7 Å². The van der Waals surface area contributed by atoms with Crippen LogP contribution in [0.4, 0.5) is 17.1 Å². The zero-order valence-electron chi connectivity index (χ0n) is 60.1. The van der Waals surface area contributed by atoms with Crippen molar-refractivity contribution in [2.24, 2.45) is 0 Å². The Morgan fingerprint density at radius 2 is 0.875 bits per heavy atom. The third kappa shape index (κ3) is 7.91. The molecular weight excluding hydrogens is 1070 g/mol. The monoisotopic (exact) mass is 1150 g/mol. The van der Waals surface area contributed by atoms with Crippen LogP contribution in [0.2, 0.25) is 0 Å². The molecule has 11 aromatic carbocycles. The van der Waals surface area contributed by atoms with Crippen LogP contribution >= 0.6 is 0 Å². The molecule has 0 radical (unpaired) electrons. The number of fused-ring (bicyclic) bond motifs is 16. The number of hydrogen-bond donors (Lipinski definition) is 0. The summed E-state index contributed by atoms with van der Waals surface area (Å²) in [6, 6.07) is 63.4. The molecule has 0 amide bonds. The van der Waals surface area contributed by atoms with Crippen molar-refractivity contribution >= 4 is 83.8 Å². The highest BCUT2D eigenvalue weighted by Gasteiger charge is 2.55. The predicted octanol–water partition coefficient (Wildman–Crippen LogP) is 19.8. The Balaban J connectivity index is 1.09. The second kappa shape index (κ2) is 18.8. The van der Waals surface area contributed by atoms with Crippen molar-refractivity contribution < 1.29 is 15.7 Å². The quantitative estimate of drug-likeness (QED) is 0.164. The third-order valence-electron chi connectivity index (χ3n) is 19.3. The van der Waals surface area contributed by atoms with E-state index in [1.807, 2.05) is 12.1 Å². The first kappa shape index (κ1) is 45.9. The average molecular weight is 1150 g/mol. The lowest BCUT2D eigenvalue weighted by Gasteiger charge is -2.51. The van der Waals surface area contributed by atoms with Crippen molar-refractivity contribution in [3.63, 3.8) is 0 Å². The molecule has 16 rings (SSSR count). The molecule has 88 heavy (non-hydrogen) atoms. The van der Waals surface area contributed by atoms with E-state index in [-0.39, 0.29) is 62.2 Å². The lowest BCUT2D eigenvalue weighted by atomic mass is 9.29. The summed E-state index contributed by atoms with van der Waals surface area (Å²) in [6.07, 6.45) is 0. The largest absolute Gasteiger partial charge is 0.457 e. The maximum absolute atomic E-state index is 9.68. The van der Waals surface area contributed by atoms with Crippen LogP contribution in [0.15, 0.2) is 230 Å². The van der Waals surface area contributed by atoms with E-state index in [0.717, 1.165) is 106 Å². The molecule has 5 heteroatoms. The van der Waals surface area contributed by atoms with Crippen molar-refractivity contribution in [1.29, 1.82) is 0 Å². The van der Waals surface area contributed by atoms with Crippen LogP contribution in [0.3, 0.4) is 0 Å². The van der Waals surface area contributed by atoms with Gasteiger partial charge >= 0.3 is 0 Å². The van der Waals surface area contributed by atoms with Gasteiger partial charge in [-0.1, -0.05) is 228 Å². The van der Waals surface area contributed by atoms with Gasteiger partial charge in [0.05, 0.1) is 44.1 Å². The van der Waals surface area contributed by atoms with Gasteiger partial charge in [-0.25, -0.2) is 0 Å². The first-order valence-electron chi connectivity index (χ1n) is 34.9. The summed E-state index contributed by atoms with van der Waals surface area (Å²) in [7, 11) is 0. The van der Waals surface area contributed by atoms with Gasteiger partial charge in [0, 0.05) is 61.0 Å². The van der Waals surface area contributed by atoms with Gasteiger partial charge in [0.2, 0.25) is 6.71 Å². The van der Waals surface area contributed by atoms with Gasteiger partial charge in [-0.05, 0) is 162 Å². The number of ether oxygens (including phenoxy) is 1. The number of aromatic nitrogens is 2. The minimum Gasteiger partial charge on any atom is -0.457 e. The molecule has 2 aromatic heterocycles. The molecule has 13 aromatic rings. The predicted molar refractivity (Wildman–Crippen MR) is 373 cm³/mol. The molecule has 0 bridgehead atoms. The van der Waals surface area contributed by atoms with Gasteiger partial charge in [0.1, 0.15) is 11.5 Å². The van der Waals surface area contributed by atoms with Gasteiger partial charge in [-0.3, -0.25) is 0 Å². The number of benzene rings is 11. The summed E-state index contributed by atoms with van der Waals surface area (Å²) in [5.41, 5.74) is 18.9. The molecule has 3 aliphatic heterocycles. The lowest BCUT2D eigenvalue weighted by Crippen LogP contribution is -2.65. The van der Waals surface area contributed by atoms with E-state index in [9.17, 15) is 5.48 Å². The SMILES string of the molecule is [2H]c1c([2H])c([2H])c2c(c1[2H])c1c([2H])c([2H])c([2H])c([2H])c1n2-c1ccc2c(c1)N(c1ccc(C(C)(C)C)cc1-c1ccccc1)c1cc(C(C)(C)C)cc3c1B2c1ccc(-n2c4ccc(C(C)(C)C)cc4c4cc(C(C)(C)C)ccc42)cc1C31c2ccccc2Oc2ccccc21. The van der Waals surface area contributed by atoms with Gasteiger partial charge in [0.25, 0.3) is 0 Å². The topological polar surface area (TPSA) is 22.3 Å². The Bertz CT molecular complexity index is 5370. The molecule has 0 saturated carbocycles. The number of hydrogen-bond acceptors (Lipinski definition) is 2. The van der Waals surface area contributed by atoms with Crippen LogP contribution < -0.4 is 26.0 Å². The van der Waals surface area contributed by atoms with E-state index in [2.05, 4.69) is 262 Å².